The van der Waals surface area contributed by atoms with Crippen molar-refractivity contribution in [1.29, 1.82) is 0 Å². The predicted octanol–water partition coefficient (Wildman–Crippen LogP) is -2.10. The maximum Gasteiger partial charge on any atom is 1.00 e. The topological polar surface area (TPSA) is 60.4 Å². The maximum absolute atomic E-state index is 13.4. The largest absolute Gasteiger partial charge is 1.00 e. The van der Waals surface area contributed by atoms with Crippen LogP contribution in [0.4, 0.5) is 4.39 Å². The summed E-state index contributed by atoms with van der Waals surface area (Å²) in [7, 11) is 1.27. The van der Waals surface area contributed by atoms with Gasteiger partial charge in [-0.15, -0.1) is 0 Å². The van der Waals surface area contributed by atoms with E-state index in [1.165, 1.54) is 7.05 Å². The van der Waals surface area contributed by atoms with E-state index in [0.717, 1.165) is 30.6 Å². The zero-order valence-electron chi connectivity index (χ0n) is 11.6. The van der Waals surface area contributed by atoms with Gasteiger partial charge in [0.1, 0.15) is 0 Å². The average Bonchev–Trinajstić information content (AvgIpc) is 2.26. The minimum Gasteiger partial charge on any atom is -0.548 e. The van der Waals surface area contributed by atoms with Crippen molar-refractivity contribution in [3.05, 3.63) is 0 Å². The number of rotatable bonds is 9. The van der Waals surface area contributed by atoms with Crippen LogP contribution in [-0.4, -0.2) is 36.5 Å². The number of nitrogens with zero attached hydrogens (tertiary/aromatic N) is 1. The monoisotopic (exact) mass is 269 g/mol. The summed E-state index contributed by atoms with van der Waals surface area (Å²) in [6.07, 6.45) is 3.42. The van der Waals surface area contributed by atoms with Gasteiger partial charge < -0.3 is 14.8 Å². The van der Waals surface area contributed by atoms with E-state index in [9.17, 15) is 19.1 Å². The van der Waals surface area contributed by atoms with Gasteiger partial charge in [0.15, 0.2) is 6.17 Å². The van der Waals surface area contributed by atoms with Gasteiger partial charge in [-0.3, -0.25) is 4.79 Å². The van der Waals surface area contributed by atoms with Gasteiger partial charge in [-0.2, -0.15) is 0 Å². The van der Waals surface area contributed by atoms with Crippen LogP contribution in [0.3, 0.4) is 0 Å². The molecular weight excluding hydrogens is 248 g/mol. The molecule has 100 valence electrons. The van der Waals surface area contributed by atoms with E-state index < -0.39 is 24.6 Å². The fraction of sp³-hybridized carbons (Fsp3) is 0.833. The Balaban J connectivity index is 0. The number of unbranched alkanes of at least 4 members (excludes halogenated alkanes) is 4. The summed E-state index contributed by atoms with van der Waals surface area (Å²) in [6, 6.07) is 0. The number of carbonyl (C=O) groups is 2. The second-order valence-electron chi connectivity index (χ2n) is 4.24. The first-order valence-electron chi connectivity index (χ1n) is 6.08. The molecule has 0 rings (SSSR count). The number of halogens is 1. The van der Waals surface area contributed by atoms with Crippen LogP contribution in [0.25, 0.3) is 0 Å². The van der Waals surface area contributed by atoms with E-state index in [0.29, 0.717) is 6.42 Å². The molecule has 0 radical (unpaired) electrons. The van der Waals surface area contributed by atoms with Crippen LogP contribution in [0.1, 0.15) is 45.4 Å². The first kappa shape index (κ1) is 20.2. The fourth-order valence-electron chi connectivity index (χ4n) is 1.56. The van der Waals surface area contributed by atoms with E-state index in [4.69, 9.17) is 0 Å². The van der Waals surface area contributed by atoms with Crippen molar-refractivity contribution in [1.82, 2.24) is 4.90 Å². The number of alkyl halides is 1. The Kier molecular flexibility index (Phi) is 13.4. The molecule has 0 N–H and O–H groups in total. The molecule has 0 aromatic rings. The van der Waals surface area contributed by atoms with E-state index in [1.54, 1.807) is 0 Å². The average molecular weight is 269 g/mol. The number of amides is 1. The molecule has 0 saturated carbocycles. The van der Waals surface area contributed by atoms with Gasteiger partial charge in [-0.25, -0.2) is 4.39 Å². The van der Waals surface area contributed by atoms with Crippen LogP contribution in [0.5, 0.6) is 0 Å². The third-order valence-electron chi connectivity index (χ3n) is 2.57. The van der Waals surface area contributed by atoms with Crippen molar-refractivity contribution < 1.29 is 48.6 Å². The Morgan fingerprint density at radius 1 is 1.22 bits per heavy atom. The van der Waals surface area contributed by atoms with E-state index in [1.807, 2.05) is 0 Å². The van der Waals surface area contributed by atoms with Crippen LogP contribution < -0.4 is 34.7 Å². The second kappa shape index (κ2) is 11.9. The molecule has 0 heterocycles. The zero-order valence-corrected chi connectivity index (χ0v) is 13.6. The Labute approximate surface area is 130 Å². The molecule has 0 spiro atoms. The van der Waals surface area contributed by atoms with Crippen molar-refractivity contribution in [2.24, 2.45) is 0 Å². The third kappa shape index (κ3) is 9.85. The molecule has 0 bridgehead atoms. The summed E-state index contributed by atoms with van der Waals surface area (Å²) in [5.74, 6) is -2.15. The summed E-state index contributed by atoms with van der Waals surface area (Å²) < 4.78 is 13.4. The minimum absolute atomic E-state index is 0. The number of likely N-dealkylation sites (N-methyl/N-ethyl adjacent to an activating group) is 1. The molecule has 1 amide bonds. The maximum atomic E-state index is 13.4. The summed E-state index contributed by atoms with van der Waals surface area (Å²) in [6.45, 7) is 1.53. The summed E-state index contributed by atoms with van der Waals surface area (Å²) in [4.78, 5) is 22.5. The molecule has 1 unspecified atom stereocenters. The molecule has 0 aliphatic heterocycles. The molecule has 1 atom stereocenters. The Hall–Kier alpha value is -0.130. The summed E-state index contributed by atoms with van der Waals surface area (Å²) in [5.41, 5.74) is 0. The van der Waals surface area contributed by atoms with Crippen LogP contribution in [0.2, 0.25) is 0 Å². The number of hydrogen-bond donors (Lipinski definition) is 0. The number of carbonyl (C=O) groups excluding carboxylic acids is 2. The first-order valence-corrected chi connectivity index (χ1v) is 6.08. The normalized spacial score (nSPS) is 11.5. The second-order valence-corrected chi connectivity index (χ2v) is 4.24. The molecule has 0 fully saturated rings. The number of carboxylic acids is 1. The molecule has 0 aliphatic carbocycles. The van der Waals surface area contributed by atoms with Gasteiger partial charge in [0.2, 0.25) is 0 Å². The van der Waals surface area contributed by atoms with Gasteiger partial charge in [-0.1, -0.05) is 39.0 Å². The molecule has 0 aliphatic rings. The first-order chi connectivity index (χ1) is 7.99. The van der Waals surface area contributed by atoms with Crippen LogP contribution in [0.15, 0.2) is 0 Å². The molecule has 0 saturated heterocycles. The van der Waals surface area contributed by atoms with Crippen LogP contribution in [0, 0.1) is 0 Å². The minimum atomic E-state index is -1.60. The number of carboxylic acid groups (broad SMARTS) is 1. The van der Waals surface area contributed by atoms with E-state index in [2.05, 4.69) is 6.92 Å². The van der Waals surface area contributed by atoms with Crippen molar-refractivity contribution in [2.45, 2.75) is 51.6 Å². The van der Waals surface area contributed by atoms with Crippen molar-refractivity contribution in [3.8, 4) is 0 Å². The number of aliphatic carboxylic acids is 1. The van der Waals surface area contributed by atoms with Crippen molar-refractivity contribution >= 4 is 11.9 Å². The molecule has 4 nitrogen and oxygen atoms in total. The van der Waals surface area contributed by atoms with E-state index in [-0.39, 0.29) is 36.0 Å². The molecular formula is C12H21FNNaO3. The Morgan fingerprint density at radius 3 is 2.28 bits per heavy atom. The Bertz CT molecular complexity index is 251. The molecule has 6 heteroatoms. The van der Waals surface area contributed by atoms with Crippen molar-refractivity contribution in [3.63, 3.8) is 0 Å². The fourth-order valence-corrected chi connectivity index (χ4v) is 1.56. The van der Waals surface area contributed by atoms with Crippen LogP contribution in [-0.2, 0) is 9.59 Å². The molecule has 18 heavy (non-hydrogen) atoms. The standard InChI is InChI=1S/C12H22FNO3.Na/c1-3-4-5-6-7-8-10(13)12(17)14(2)9-11(15)16;/h10H,3-9H2,1-2H3,(H,15,16);/q;+1/p-1. The van der Waals surface area contributed by atoms with Crippen LogP contribution >= 0.6 is 0 Å². The quantitative estimate of drug-likeness (QED) is 0.356. The zero-order chi connectivity index (χ0) is 13.3. The van der Waals surface area contributed by atoms with E-state index >= 15 is 0 Å². The summed E-state index contributed by atoms with van der Waals surface area (Å²) >= 11 is 0. The predicted molar refractivity (Wildman–Crippen MR) is 60.9 cm³/mol. The van der Waals surface area contributed by atoms with Gasteiger partial charge in [0.25, 0.3) is 5.91 Å². The van der Waals surface area contributed by atoms with Gasteiger partial charge >= 0.3 is 29.6 Å². The smallest absolute Gasteiger partial charge is 0.548 e. The number of hydrogen-bond acceptors (Lipinski definition) is 3. The Morgan fingerprint density at radius 2 is 1.78 bits per heavy atom. The van der Waals surface area contributed by atoms with Crippen molar-refractivity contribution in [2.75, 3.05) is 13.6 Å². The third-order valence-corrected chi connectivity index (χ3v) is 2.57. The molecule has 0 aromatic carbocycles. The van der Waals surface area contributed by atoms with Gasteiger partial charge in [-0.05, 0) is 6.42 Å². The summed E-state index contributed by atoms with van der Waals surface area (Å²) in [5, 5.41) is 10.2. The van der Waals surface area contributed by atoms with Gasteiger partial charge in [0.05, 0.1) is 12.5 Å². The van der Waals surface area contributed by atoms with Gasteiger partial charge in [0, 0.05) is 7.05 Å². The molecule has 0 aromatic heterocycles. The SMILES string of the molecule is CCCCCCCC(F)C(=O)N(C)CC(=O)[O-].[Na+].